The number of Topliss-reactive ketones (excluding diaryl/α,β-unsaturated/α-hetero) is 1. The maximum atomic E-state index is 14.0. The van der Waals surface area contributed by atoms with E-state index in [1.54, 1.807) is 56.0 Å². The number of carbonyl (C=O) groups excluding carboxylic acids is 1. The van der Waals surface area contributed by atoms with E-state index in [-0.39, 0.29) is 18.7 Å². The van der Waals surface area contributed by atoms with E-state index in [1.807, 2.05) is 43.3 Å². The fourth-order valence-corrected chi connectivity index (χ4v) is 7.38. The van der Waals surface area contributed by atoms with Crippen molar-refractivity contribution in [1.82, 2.24) is 19.9 Å². The van der Waals surface area contributed by atoms with Gasteiger partial charge >= 0.3 is 0 Å². The highest BCUT2D eigenvalue weighted by Crippen LogP contribution is 2.51. The third kappa shape index (κ3) is 5.64. The van der Waals surface area contributed by atoms with Crippen LogP contribution >= 0.6 is 0 Å². The Balaban J connectivity index is 1.43. The maximum Gasteiger partial charge on any atom is 0.232 e. The molecule has 7 rings (SSSR count). The molecule has 1 aliphatic carbocycles. The van der Waals surface area contributed by atoms with E-state index in [4.69, 9.17) is 9.15 Å². The molecule has 0 radical (unpaired) electrons. The minimum Gasteiger partial charge on any atom is -0.496 e. The van der Waals surface area contributed by atoms with Crippen LogP contribution in [0.25, 0.3) is 44.8 Å². The van der Waals surface area contributed by atoms with Crippen molar-refractivity contribution in [2.75, 3.05) is 24.2 Å². The lowest BCUT2D eigenvalue weighted by atomic mass is 9.91. The number of ketones is 1. The summed E-state index contributed by atoms with van der Waals surface area (Å²) in [5.74, 6) is 2.23. The van der Waals surface area contributed by atoms with Crippen molar-refractivity contribution < 1.29 is 22.4 Å². The molecule has 1 fully saturated rings. The van der Waals surface area contributed by atoms with Gasteiger partial charge in [0.2, 0.25) is 10.0 Å². The molecular formula is C37H35N5O5S. The monoisotopic (exact) mass is 661 g/mol. The largest absolute Gasteiger partial charge is 0.496 e. The van der Waals surface area contributed by atoms with Crippen molar-refractivity contribution in [3.8, 4) is 39.6 Å². The van der Waals surface area contributed by atoms with E-state index in [9.17, 15) is 13.2 Å². The van der Waals surface area contributed by atoms with Gasteiger partial charge in [0.1, 0.15) is 28.7 Å². The van der Waals surface area contributed by atoms with Gasteiger partial charge in [0.05, 0.1) is 30.2 Å². The van der Waals surface area contributed by atoms with Crippen LogP contribution in [0.15, 0.2) is 89.9 Å². The molecule has 11 heteroatoms. The quantitative estimate of drug-likeness (QED) is 0.143. The first kappa shape index (κ1) is 31.3. The minimum atomic E-state index is -3.69. The van der Waals surface area contributed by atoms with Gasteiger partial charge in [0, 0.05) is 65.7 Å². The molecule has 1 saturated carbocycles. The summed E-state index contributed by atoms with van der Waals surface area (Å²) in [6, 6.07) is 18.8. The van der Waals surface area contributed by atoms with Crippen LogP contribution in [0.4, 0.5) is 5.69 Å². The normalized spacial score (nSPS) is 13.8. The van der Waals surface area contributed by atoms with Gasteiger partial charge in [-0.2, -0.15) is 0 Å². The number of aromatic amines is 1. The average Bonchev–Trinajstić information content (AvgIpc) is 3.48. The van der Waals surface area contributed by atoms with Gasteiger partial charge in [-0.15, -0.1) is 0 Å². The van der Waals surface area contributed by atoms with Crippen LogP contribution < -0.4 is 9.04 Å². The second kappa shape index (κ2) is 12.1. The molecule has 244 valence electrons. The van der Waals surface area contributed by atoms with Crippen LogP contribution in [0.5, 0.6) is 5.75 Å². The zero-order chi connectivity index (χ0) is 33.6. The van der Waals surface area contributed by atoms with Gasteiger partial charge in [0.25, 0.3) is 0 Å². The Labute approximate surface area is 278 Å². The van der Waals surface area contributed by atoms with Gasteiger partial charge in [-0.05, 0) is 56.5 Å². The Bertz CT molecular complexity index is 2240. The zero-order valence-electron chi connectivity index (χ0n) is 27.1. The highest BCUT2D eigenvalue weighted by Gasteiger charge is 2.48. The number of hydrogen-bond acceptors (Lipinski definition) is 8. The lowest BCUT2D eigenvalue weighted by molar-refractivity contribution is 0.0965. The Kier molecular flexibility index (Phi) is 7.87. The number of nitrogens with one attached hydrogen (secondary N) is 1. The minimum absolute atomic E-state index is 0.0991. The maximum absolute atomic E-state index is 14.0. The molecule has 0 unspecified atom stereocenters. The molecule has 0 saturated heterocycles. The Morgan fingerprint density at radius 1 is 1.00 bits per heavy atom. The predicted octanol–water partition coefficient (Wildman–Crippen LogP) is 7.35. The lowest BCUT2D eigenvalue weighted by Crippen LogP contribution is -2.29. The van der Waals surface area contributed by atoms with Crippen molar-refractivity contribution >= 4 is 32.5 Å². The molecule has 3 aromatic carbocycles. The summed E-state index contributed by atoms with van der Waals surface area (Å²) in [6.07, 6.45) is 9.89. The van der Waals surface area contributed by atoms with E-state index in [1.165, 1.54) is 17.7 Å². The second-order valence-corrected chi connectivity index (χ2v) is 14.2. The third-order valence-corrected chi connectivity index (χ3v) is 10.3. The van der Waals surface area contributed by atoms with E-state index in [0.717, 1.165) is 34.9 Å². The number of fused-ring (bicyclic) bond motifs is 1. The number of imidazole rings is 1. The first-order chi connectivity index (χ1) is 23.1. The van der Waals surface area contributed by atoms with Gasteiger partial charge in [-0.1, -0.05) is 35.9 Å². The van der Waals surface area contributed by atoms with Crippen molar-refractivity contribution in [2.24, 2.45) is 0 Å². The number of methoxy groups -OCH3 is 1. The molecule has 0 atom stereocenters. The number of benzene rings is 3. The van der Waals surface area contributed by atoms with Crippen LogP contribution in [-0.4, -0.2) is 54.0 Å². The number of furan rings is 1. The van der Waals surface area contributed by atoms with Crippen LogP contribution in [0.3, 0.4) is 0 Å². The fraction of sp³-hybridized carbons (Fsp3) is 0.243. The lowest BCUT2D eigenvalue weighted by Gasteiger charge is -2.24. The molecule has 1 aliphatic rings. The Morgan fingerprint density at radius 2 is 1.73 bits per heavy atom. The summed E-state index contributed by atoms with van der Waals surface area (Å²) in [4.78, 5) is 30.7. The number of H-pyrrole nitrogens is 1. The van der Waals surface area contributed by atoms with E-state index in [0.29, 0.717) is 51.1 Å². The summed E-state index contributed by atoms with van der Waals surface area (Å²) in [6.45, 7) is 4.00. The Hall–Kier alpha value is -5.29. The number of rotatable bonds is 11. The van der Waals surface area contributed by atoms with Crippen LogP contribution in [0.1, 0.15) is 47.9 Å². The summed E-state index contributed by atoms with van der Waals surface area (Å²) in [7, 11) is -2.15. The number of sulfonamides is 1. The van der Waals surface area contributed by atoms with Gasteiger partial charge in [-0.25, -0.2) is 23.4 Å². The molecule has 6 aromatic rings. The van der Waals surface area contributed by atoms with Crippen LogP contribution in [0, 0.1) is 6.92 Å². The fourth-order valence-electron chi connectivity index (χ4n) is 6.40. The zero-order valence-corrected chi connectivity index (χ0v) is 28.0. The molecule has 0 bridgehead atoms. The van der Waals surface area contributed by atoms with Crippen LogP contribution in [0.2, 0.25) is 0 Å². The summed E-state index contributed by atoms with van der Waals surface area (Å²) in [5.41, 5.74) is 4.92. The second-order valence-electron chi connectivity index (χ2n) is 12.3. The van der Waals surface area contributed by atoms with E-state index < -0.39 is 15.4 Å². The standard InChI is InChI=1S/C37H35N5O5S/c1-5-42(48(4,44)45)29-21-32-28(33(35-38-17-18-39-35)34(47-32)24-9-7-23(2)8-10-24)20-26(29)25-11-12-31(46-3)27(19-25)30(43)22-37(13-14-37)36-40-15-6-16-41-36/h6-12,15-21H,5,13-14,22H2,1-4H3,(H,38,39). The summed E-state index contributed by atoms with van der Waals surface area (Å²) < 4.78 is 39.9. The van der Waals surface area contributed by atoms with Crippen molar-refractivity contribution in [3.63, 3.8) is 0 Å². The number of hydrogen-bond donors (Lipinski definition) is 1. The molecule has 1 N–H and O–H groups in total. The molecular weight excluding hydrogens is 627 g/mol. The number of carbonyl (C=O) groups is 1. The van der Waals surface area contributed by atoms with E-state index >= 15 is 0 Å². The molecule has 10 nitrogen and oxygen atoms in total. The number of aryl methyl sites for hydroxylation is 1. The van der Waals surface area contributed by atoms with Crippen molar-refractivity contribution in [2.45, 2.75) is 38.5 Å². The van der Waals surface area contributed by atoms with Crippen molar-refractivity contribution in [3.05, 3.63) is 102 Å². The first-order valence-electron chi connectivity index (χ1n) is 15.8. The van der Waals surface area contributed by atoms with Gasteiger partial charge < -0.3 is 14.1 Å². The predicted molar refractivity (Wildman–Crippen MR) is 186 cm³/mol. The number of anilines is 1. The molecule has 0 aliphatic heterocycles. The van der Waals surface area contributed by atoms with Gasteiger partial charge in [-0.3, -0.25) is 9.10 Å². The molecule has 0 amide bonds. The van der Waals surface area contributed by atoms with Crippen molar-refractivity contribution in [1.29, 1.82) is 0 Å². The number of nitrogens with zero attached hydrogens (tertiary/aromatic N) is 4. The molecule has 48 heavy (non-hydrogen) atoms. The van der Waals surface area contributed by atoms with Crippen LogP contribution in [-0.2, 0) is 15.4 Å². The Morgan fingerprint density at radius 3 is 2.35 bits per heavy atom. The summed E-state index contributed by atoms with van der Waals surface area (Å²) in [5, 5.41) is 0.741. The molecule has 3 heterocycles. The van der Waals surface area contributed by atoms with Gasteiger partial charge in [0.15, 0.2) is 5.78 Å². The average molecular weight is 662 g/mol. The molecule has 0 spiro atoms. The van der Waals surface area contributed by atoms with E-state index in [2.05, 4.69) is 19.9 Å². The topological polar surface area (TPSA) is 131 Å². The third-order valence-electron chi connectivity index (χ3n) is 9.01. The first-order valence-corrected chi connectivity index (χ1v) is 17.6. The molecule has 3 aromatic heterocycles. The summed E-state index contributed by atoms with van der Waals surface area (Å²) >= 11 is 0. The smallest absolute Gasteiger partial charge is 0.232 e. The number of aromatic nitrogens is 4. The highest BCUT2D eigenvalue weighted by atomic mass is 32.2. The number of ether oxygens (including phenoxy) is 1. The SMILES string of the molecule is CCN(c1cc2oc(-c3ccc(C)cc3)c(-c3ncc[nH]3)c2cc1-c1ccc(OC)c(C(=O)CC2(c3ncccn3)CC2)c1)S(C)(=O)=O. The highest BCUT2D eigenvalue weighted by molar-refractivity contribution is 7.92.